The molecule has 1 amide bonds. The number of halogens is 1. The topological polar surface area (TPSA) is 115 Å². The Kier molecular flexibility index (Phi) is 10.7. The predicted octanol–water partition coefficient (Wildman–Crippen LogP) is 3.95. The maximum Gasteiger partial charge on any atom is 0.234 e. The summed E-state index contributed by atoms with van der Waals surface area (Å²) in [5, 5.41) is 7.31. The number of nitrogens with one attached hydrogen (secondary N) is 2. The van der Waals surface area contributed by atoms with Crippen LogP contribution in [0.15, 0.2) is 48.5 Å². The second kappa shape index (κ2) is 13.9. The summed E-state index contributed by atoms with van der Waals surface area (Å²) < 4.78 is 18.7. The Morgan fingerprint density at radius 3 is 2.72 bits per heavy atom. The van der Waals surface area contributed by atoms with Crippen molar-refractivity contribution in [3.63, 3.8) is 0 Å². The number of aromatic nitrogens is 1. The molecule has 1 aliphatic carbocycles. The summed E-state index contributed by atoms with van der Waals surface area (Å²) in [5.41, 5.74) is 13.9. The van der Waals surface area contributed by atoms with Gasteiger partial charge in [-0.15, -0.1) is 11.3 Å². The fourth-order valence-corrected chi connectivity index (χ4v) is 4.74. The molecular formula is C27H36FN5O2S. The lowest BCUT2D eigenvalue weighted by atomic mass is 9.98. The van der Waals surface area contributed by atoms with Gasteiger partial charge in [-0.25, -0.2) is 9.37 Å². The maximum absolute atomic E-state index is 13.1. The van der Waals surface area contributed by atoms with Crippen molar-refractivity contribution in [3.8, 4) is 5.75 Å². The SMILES string of the molecule is CCCN[C@H]1CCc2nc(N)sc2C1.C[C@H](NCc1ccc(OCc2cccc(F)c2)cc1)C(N)=O. The van der Waals surface area contributed by atoms with Crippen LogP contribution in [0.5, 0.6) is 5.75 Å². The number of rotatable bonds is 10. The van der Waals surface area contributed by atoms with Crippen molar-refractivity contribution in [2.45, 2.75) is 64.8 Å². The minimum Gasteiger partial charge on any atom is -0.489 e. The molecule has 6 N–H and O–H groups in total. The molecule has 1 aromatic heterocycles. The Morgan fingerprint density at radius 2 is 2.03 bits per heavy atom. The van der Waals surface area contributed by atoms with Crippen LogP contribution in [0.3, 0.4) is 0 Å². The zero-order valence-corrected chi connectivity index (χ0v) is 21.7. The van der Waals surface area contributed by atoms with E-state index >= 15 is 0 Å². The summed E-state index contributed by atoms with van der Waals surface area (Å²) in [7, 11) is 0. The van der Waals surface area contributed by atoms with Gasteiger partial charge in [0.1, 0.15) is 18.2 Å². The molecule has 9 heteroatoms. The van der Waals surface area contributed by atoms with Crippen LogP contribution in [0.25, 0.3) is 0 Å². The van der Waals surface area contributed by atoms with E-state index < -0.39 is 0 Å². The lowest BCUT2D eigenvalue weighted by Crippen LogP contribution is -2.38. The highest BCUT2D eigenvalue weighted by molar-refractivity contribution is 7.15. The number of hydrogen-bond acceptors (Lipinski definition) is 7. The fourth-order valence-electron chi connectivity index (χ4n) is 3.79. The summed E-state index contributed by atoms with van der Waals surface area (Å²) in [6, 6.07) is 14.1. The van der Waals surface area contributed by atoms with E-state index in [4.69, 9.17) is 16.2 Å². The van der Waals surface area contributed by atoms with E-state index in [1.165, 1.54) is 35.5 Å². The van der Waals surface area contributed by atoms with Gasteiger partial charge in [0.05, 0.1) is 11.7 Å². The molecule has 1 heterocycles. The number of nitrogens with zero attached hydrogens (tertiary/aromatic N) is 1. The molecule has 0 fully saturated rings. The van der Waals surface area contributed by atoms with Crippen molar-refractivity contribution in [1.82, 2.24) is 15.6 Å². The van der Waals surface area contributed by atoms with Gasteiger partial charge >= 0.3 is 0 Å². The standard InChI is InChI=1S/C17H19FN2O2.C10H17N3S/c1-12(17(19)21)20-10-13-5-7-16(8-6-13)22-11-14-3-2-4-15(18)9-14;1-2-5-12-7-3-4-8-9(6-7)14-10(11)13-8/h2-9,12,20H,10-11H2,1H3,(H2,19,21);7,12H,2-6H2,1H3,(H2,11,13)/t12-;7-/m00/s1. The number of fused-ring (bicyclic) bond motifs is 1. The number of aryl methyl sites for hydroxylation is 1. The minimum absolute atomic E-state index is 0.272. The molecule has 0 saturated carbocycles. The number of nitrogens with two attached hydrogens (primary N) is 2. The van der Waals surface area contributed by atoms with Gasteiger partial charge < -0.3 is 26.8 Å². The summed E-state index contributed by atoms with van der Waals surface area (Å²) in [6.45, 7) is 5.90. The first-order valence-electron chi connectivity index (χ1n) is 12.3. The molecule has 4 rings (SSSR count). The molecule has 194 valence electrons. The number of carbonyl (C=O) groups is 1. The zero-order chi connectivity index (χ0) is 25.9. The van der Waals surface area contributed by atoms with Gasteiger partial charge in [-0.2, -0.15) is 0 Å². The van der Waals surface area contributed by atoms with Gasteiger partial charge in [0.15, 0.2) is 5.13 Å². The highest BCUT2D eigenvalue weighted by atomic mass is 32.1. The average molecular weight is 514 g/mol. The molecule has 7 nitrogen and oxygen atoms in total. The quantitative estimate of drug-likeness (QED) is 0.326. The molecule has 0 aliphatic heterocycles. The Labute approximate surface area is 216 Å². The maximum atomic E-state index is 13.1. The van der Waals surface area contributed by atoms with Crippen LogP contribution in [0, 0.1) is 5.82 Å². The number of nitrogen functional groups attached to an aromatic ring is 1. The Balaban J connectivity index is 0.000000221. The van der Waals surface area contributed by atoms with Gasteiger partial charge in [0, 0.05) is 17.5 Å². The van der Waals surface area contributed by atoms with Crippen molar-refractivity contribution in [2.24, 2.45) is 5.73 Å². The van der Waals surface area contributed by atoms with Gasteiger partial charge in [0.25, 0.3) is 0 Å². The van der Waals surface area contributed by atoms with E-state index in [0.29, 0.717) is 24.9 Å². The van der Waals surface area contributed by atoms with E-state index in [1.807, 2.05) is 30.3 Å². The molecule has 0 spiro atoms. The van der Waals surface area contributed by atoms with E-state index in [0.717, 1.165) is 35.6 Å². The average Bonchev–Trinajstić information content (AvgIpc) is 3.25. The number of anilines is 1. The second-order valence-corrected chi connectivity index (χ2v) is 10.00. The summed E-state index contributed by atoms with van der Waals surface area (Å²) in [5.74, 6) is 0.0529. The first-order chi connectivity index (χ1) is 17.3. The Bertz CT molecular complexity index is 1110. The van der Waals surface area contributed by atoms with Crippen LogP contribution in [0.1, 0.15) is 48.4 Å². The van der Waals surface area contributed by atoms with Crippen molar-refractivity contribution in [2.75, 3.05) is 12.3 Å². The normalized spacial score (nSPS) is 15.4. The van der Waals surface area contributed by atoms with Crippen molar-refractivity contribution in [1.29, 1.82) is 0 Å². The Hall–Kier alpha value is -3.01. The third-order valence-electron chi connectivity index (χ3n) is 5.90. The summed E-state index contributed by atoms with van der Waals surface area (Å²) >= 11 is 1.65. The monoisotopic (exact) mass is 513 g/mol. The highest BCUT2D eigenvalue weighted by Gasteiger charge is 2.21. The van der Waals surface area contributed by atoms with Crippen LogP contribution in [-0.4, -0.2) is 29.5 Å². The van der Waals surface area contributed by atoms with Crippen LogP contribution in [0.4, 0.5) is 9.52 Å². The van der Waals surface area contributed by atoms with Crippen molar-refractivity contribution >= 4 is 22.4 Å². The zero-order valence-electron chi connectivity index (χ0n) is 20.9. The van der Waals surface area contributed by atoms with Crippen molar-refractivity contribution in [3.05, 3.63) is 76.0 Å². The smallest absolute Gasteiger partial charge is 0.234 e. The second-order valence-electron chi connectivity index (χ2n) is 8.88. The first-order valence-corrected chi connectivity index (χ1v) is 13.1. The highest BCUT2D eigenvalue weighted by Crippen LogP contribution is 2.28. The van der Waals surface area contributed by atoms with Gasteiger partial charge in [0.2, 0.25) is 5.91 Å². The lowest BCUT2D eigenvalue weighted by molar-refractivity contribution is -0.119. The number of primary amides is 1. The number of hydrogen-bond donors (Lipinski definition) is 4. The van der Waals surface area contributed by atoms with E-state index in [2.05, 4.69) is 22.5 Å². The van der Waals surface area contributed by atoms with Crippen LogP contribution in [0.2, 0.25) is 0 Å². The fraction of sp³-hybridized carbons (Fsp3) is 0.407. The molecule has 3 aromatic rings. The predicted molar refractivity (Wildman–Crippen MR) is 143 cm³/mol. The van der Waals surface area contributed by atoms with E-state index in [1.54, 1.807) is 24.3 Å². The van der Waals surface area contributed by atoms with Crippen LogP contribution >= 0.6 is 11.3 Å². The number of benzene rings is 2. The molecule has 0 unspecified atom stereocenters. The van der Waals surface area contributed by atoms with E-state index in [-0.39, 0.29) is 17.8 Å². The molecule has 1 aliphatic rings. The molecule has 2 aromatic carbocycles. The van der Waals surface area contributed by atoms with Gasteiger partial charge in [-0.05, 0) is 74.5 Å². The third kappa shape index (κ3) is 8.89. The van der Waals surface area contributed by atoms with Gasteiger partial charge in [-0.3, -0.25) is 4.79 Å². The van der Waals surface area contributed by atoms with Crippen LogP contribution < -0.4 is 26.8 Å². The van der Waals surface area contributed by atoms with Crippen molar-refractivity contribution < 1.29 is 13.9 Å². The summed E-state index contributed by atoms with van der Waals surface area (Å²) in [6.07, 6.45) is 4.61. The minimum atomic E-state index is -0.380. The molecule has 0 saturated heterocycles. The first kappa shape index (κ1) is 27.6. The summed E-state index contributed by atoms with van der Waals surface area (Å²) in [4.78, 5) is 16.7. The number of ether oxygens (including phenoxy) is 1. The lowest BCUT2D eigenvalue weighted by Gasteiger charge is -2.21. The van der Waals surface area contributed by atoms with E-state index in [9.17, 15) is 9.18 Å². The Morgan fingerprint density at radius 1 is 1.25 bits per heavy atom. The van der Waals surface area contributed by atoms with Crippen LogP contribution in [-0.2, 0) is 30.8 Å². The van der Waals surface area contributed by atoms with Gasteiger partial charge in [-0.1, -0.05) is 31.2 Å². The number of thiazole rings is 1. The molecule has 0 bridgehead atoms. The largest absolute Gasteiger partial charge is 0.489 e. The number of amides is 1. The molecule has 0 radical (unpaired) electrons. The third-order valence-corrected chi connectivity index (χ3v) is 6.85. The molecular weight excluding hydrogens is 477 g/mol. The molecule has 2 atom stereocenters. The molecule has 36 heavy (non-hydrogen) atoms. The number of carbonyl (C=O) groups excluding carboxylic acids is 1.